The van der Waals surface area contributed by atoms with E-state index in [1.807, 2.05) is 24.3 Å². The van der Waals surface area contributed by atoms with Crippen LogP contribution in [0.25, 0.3) is 0 Å². The molecule has 5 heteroatoms. The highest BCUT2D eigenvalue weighted by atomic mass is 16.6. The van der Waals surface area contributed by atoms with Crippen molar-refractivity contribution >= 4 is 0 Å². The molecule has 2 aromatic rings. The van der Waals surface area contributed by atoms with Crippen molar-refractivity contribution in [3.05, 3.63) is 47.8 Å². The molecule has 0 aliphatic carbocycles. The minimum Gasteiger partial charge on any atom is -0.486 e. The Kier molecular flexibility index (Phi) is 3.78. The summed E-state index contributed by atoms with van der Waals surface area (Å²) in [5.41, 5.74) is 2.09. The summed E-state index contributed by atoms with van der Waals surface area (Å²) in [4.78, 5) is 0. The van der Waals surface area contributed by atoms with Crippen LogP contribution < -0.4 is 14.8 Å². The summed E-state index contributed by atoms with van der Waals surface area (Å²) in [5, 5.41) is 11.3. The van der Waals surface area contributed by atoms with Gasteiger partial charge in [-0.25, -0.2) is 0 Å². The predicted molar refractivity (Wildman–Crippen MR) is 74.7 cm³/mol. The van der Waals surface area contributed by atoms with Gasteiger partial charge in [0.15, 0.2) is 11.5 Å². The molecule has 1 N–H and O–H groups in total. The molecule has 3 rings (SSSR count). The monoisotopic (exact) mass is 271 g/mol. The summed E-state index contributed by atoms with van der Waals surface area (Å²) in [6.07, 6.45) is 1.67. The van der Waals surface area contributed by atoms with E-state index in [1.165, 1.54) is 0 Å². The van der Waals surface area contributed by atoms with Gasteiger partial charge in [-0.05, 0) is 36.8 Å². The summed E-state index contributed by atoms with van der Waals surface area (Å²) < 4.78 is 11.1. The molecule has 1 aliphatic rings. The Balaban J connectivity index is 1.66. The molecule has 104 valence electrons. The molecule has 1 aromatic heterocycles. The minimum atomic E-state index is 0.202. The average Bonchev–Trinajstić information content (AvgIpc) is 2.53. The molecule has 1 aromatic carbocycles. The quantitative estimate of drug-likeness (QED) is 0.923. The third-order valence-electron chi connectivity index (χ3n) is 3.28. The number of hydrogen-bond acceptors (Lipinski definition) is 5. The van der Waals surface area contributed by atoms with Crippen LogP contribution in [0.15, 0.2) is 36.5 Å². The molecule has 1 atom stereocenters. The first kappa shape index (κ1) is 12.9. The van der Waals surface area contributed by atoms with Crippen molar-refractivity contribution in [2.24, 2.45) is 0 Å². The van der Waals surface area contributed by atoms with E-state index >= 15 is 0 Å². The third kappa shape index (κ3) is 2.88. The van der Waals surface area contributed by atoms with Crippen LogP contribution in [-0.2, 0) is 6.54 Å². The standard InChI is InChI=1S/C15H17N3O2/c1-11(16-10-13-3-2-6-17-18-13)12-4-5-14-15(9-12)20-8-7-19-14/h2-6,9,11,16H,7-8,10H2,1H3. The van der Waals surface area contributed by atoms with E-state index in [4.69, 9.17) is 9.47 Å². The zero-order chi connectivity index (χ0) is 13.8. The van der Waals surface area contributed by atoms with E-state index in [9.17, 15) is 0 Å². The lowest BCUT2D eigenvalue weighted by Crippen LogP contribution is -2.20. The van der Waals surface area contributed by atoms with Crippen LogP contribution >= 0.6 is 0 Å². The van der Waals surface area contributed by atoms with Gasteiger partial charge in [0.1, 0.15) is 13.2 Å². The van der Waals surface area contributed by atoms with Crippen molar-refractivity contribution in [2.75, 3.05) is 13.2 Å². The van der Waals surface area contributed by atoms with Gasteiger partial charge in [-0.2, -0.15) is 10.2 Å². The summed E-state index contributed by atoms with van der Waals surface area (Å²) >= 11 is 0. The number of hydrogen-bond donors (Lipinski definition) is 1. The highest BCUT2D eigenvalue weighted by Gasteiger charge is 2.14. The molecule has 0 bridgehead atoms. The molecule has 0 amide bonds. The van der Waals surface area contributed by atoms with Crippen molar-refractivity contribution in [1.29, 1.82) is 0 Å². The number of benzene rings is 1. The van der Waals surface area contributed by atoms with Gasteiger partial charge in [0.2, 0.25) is 0 Å². The maximum absolute atomic E-state index is 5.60. The molecule has 0 saturated carbocycles. The first-order chi connectivity index (χ1) is 9.83. The fourth-order valence-electron chi connectivity index (χ4n) is 2.13. The lowest BCUT2D eigenvalue weighted by atomic mass is 10.1. The van der Waals surface area contributed by atoms with Gasteiger partial charge in [0.05, 0.1) is 5.69 Å². The number of nitrogens with one attached hydrogen (secondary N) is 1. The maximum atomic E-state index is 5.60. The van der Waals surface area contributed by atoms with Gasteiger partial charge in [0, 0.05) is 18.8 Å². The SMILES string of the molecule is CC(NCc1cccnn1)c1ccc2c(c1)OCCO2. The van der Waals surface area contributed by atoms with Crippen molar-refractivity contribution in [3.8, 4) is 11.5 Å². The zero-order valence-electron chi connectivity index (χ0n) is 11.4. The second kappa shape index (κ2) is 5.88. The van der Waals surface area contributed by atoms with Crippen LogP contribution in [0, 0.1) is 0 Å². The molecule has 0 fully saturated rings. The van der Waals surface area contributed by atoms with Crippen molar-refractivity contribution < 1.29 is 9.47 Å². The lowest BCUT2D eigenvalue weighted by Gasteiger charge is -2.21. The van der Waals surface area contributed by atoms with Crippen LogP contribution in [0.2, 0.25) is 0 Å². The molecule has 1 unspecified atom stereocenters. The van der Waals surface area contributed by atoms with E-state index in [0.717, 1.165) is 22.8 Å². The van der Waals surface area contributed by atoms with E-state index in [1.54, 1.807) is 6.20 Å². The number of ether oxygens (including phenoxy) is 2. The lowest BCUT2D eigenvalue weighted by molar-refractivity contribution is 0.171. The van der Waals surface area contributed by atoms with Gasteiger partial charge in [-0.15, -0.1) is 0 Å². The first-order valence-corrected chi connectivity index (χ1v) is 6.72. The van der Waals surface area contributed by atoms with Gasteiger partial charge < -0.3 is 14.8 Å². The molecule has 0 saturated heterocycles. The van der Waals surface area contributed by atoms with Gasteiger partial charge >= 0.3 is 0 Å². The maximum Gasteiger partial charge on any atom is 0.161 e. The van der Waals surface area contributed by atoms with Gasteiger partial charge in [-0.1, -0.05) is 6.07 Å². The second-order valence-corrected chi connectivity index (χ2v) is 4.72. The molecular weight excluding hydrogens is 254 g/mol. The van der Waals surface area contributed by atoms with Gasteiger partial charge in [-0.3, -0.25) is 0 Å². The third-order valence-corrected chi connectivity index (χ3v) is 3.28. The van der Waals surface area contributed by atoms with Crippen molar-refractivity contribution in [1.82, 2.24) is 15.5 Å². The summed E-state index contributed by atoms with van der Waals surface area (Å²) in [6.45, 7) is 4.02. The molecule has 2 heterocycles. The number of nitrogens with zero attached hydrogens (tertiary/aromatic N) is 2. The normalized spacial score (nSPS) is 14.8. The van der Waals surface area contributed by atoms with E-state index in [0.29, 0.717) is 19.8 Å². The largest absolute Gasteiger partial charge is 0.486 e. The smallest absolute Gasteiger partial charge is 0.161 e. The first-order valence-electron chi connectivity index (χ1n) is 6.72. The summed E-state index contributed by atoms with van der Waals surface area (Å²) in [5.74, 6) is 1.64. The molecule has 5 nitrogen and oxygen atoms in total. The molecule has 0 spiro atoms. The Hall–Kier alpha value is -2.14. The van der Waals surface area contributed by atoms with E-state index in [-0.39, 0.29) is 6.04 Å². The molecule has 1 aliphatic heterocycles. The highest BCUT2D eigenvalue weighted by molar-refractivity contribution is 5.44. The molecular formula is C15H17N3O2. The van der Waals surface area contributed by atoms with Crippen LogP contribution in [0.1, 0.15) is 24.2 Å². The van der Waals surface area contributed by atoms with Crippen molar-refractivity contribution in [2.45, 2.75) is 19.5 Å². The number of fused-ring (bicyclic) bond motifs is 1. The Bertz CT molecular complexity index is 575. The number of rotatable bonds is 4. The van der Waals surface area contributed by atoms with Crippen LogP contribution in [0.4, 0.5) is 0 Å². The Morgan fingerprint density at radius 2 is 2.05 bits per heavy atom. The summed E-state index contributed by atoms with van der Waals surface area (Å²) in [7, 11) is 0. The van der Waals surface area contributed by atoms with Gasteiger partial charge in [0.25, 0.3) is 0 Å². The number of aromatic nitrogens is 2. The summed E-state index contributed by atoms with van der Waals surface area (Å²) in [6, 6.07) is 10.1. The Labute approximate surface area is 117 Å². The average molecular weight is 271 g/mol. The predicted octanol–water partition coefficient (Wildman–Crippen LogP) is 2.10. The second-order valence-electron chi connectivity index (χ2n) is 4.72. The molecule has 20 heavy (non-hydrogen) atoms. The zero-order valence-corrected chi connectivity index (χ0v) is 11.4. The topological polar surface area (TPSA) is 56.3 Å². The van der Waals surface area contributed by atoms with Crippen LogP contribution in [-0.4, -0.2) is 23.4 Å². The van der Waals surface area contributed by atoms with Crippen LogP contribution in [0.3, 0.4) is 0 Å². The Morgan fingerprint density at radius 3 is 2.85 bits per heavy atom. The van der Waals surface area contributed by atoms with E-state index < -0.39 is 0 Å². The fraction of sp³-hybridized carbons (Fsp3) is 0.333. The van der Waals surface area contributed by atoms with E-state index in [2.05, 4.69) is 28.5 Å². The van der Waals surface area contributed by atoms with Crippen LogP contribution in [0.5, 0.6) is 11.5 Å². The van der Waals surface area contributed by atoms with Crippen molar-refractivity contribution in [3.63, 3.8) is 0 Å². The highest BCUT2D eigenvalue weighted by Crippen LogP contribution is 2.32. The fourth-order valence-corrected chi connectivity index (χ4v) is 2.13. The molecule has 0 radical (unpaired) electrons. The Morgan fingerprint density at radius 1 is 1.20 bits per heavy atom. The minimum absolute atomic E-state index is 0.202.